The summed E-state index contributed by atoms with van der Waals surface area (Å²) in [6.45, 7) is 2.99. The molecule has 0 fully saturated rings. The zero-order valence-electron chi connectivity index (χ0n) is 15.4. The predicted octanol–water partition coefficient (Wildman–Crippen LogP) is 1.21. The molecular weight excluding hydrogens is 380 g/mol. The van der Waals surface area contributed by atoms with Gasteiger partial charge in [0.1, 0.15) is 6.04 Å². The second kappa shape index (κ2) is 11.0. The molecule has 1 aromatic carbocycles. The molecule has 0 saturated heterocycles. The number of ether oxygens (including phenoxy) is 2. The Kier molecular flexibility index (Phi) is 9.00. The van der Waals surface area contributed by atoms with E-state index in [1.165, 1.54) is 13.8 Å². The number of carboxylic acids is 1. The first-order valence-corrected chi connectivity index (χ1v) is 8.47. The van der Waals surface area contributed by atoms with E-state index >= 15 is 0 Å². The highest BCUT2D eigenvalue weighted by Crippen LogP contribution is 2.15. The number of carboxylic acid groups (broad SMARTS) is 1. The predicted molar refractivity (Wildman–Crippen MR) is 91.0 cm³/mol. The molecule has 0 aliphatic carbocycles. The summed E-state index contributed by atoms with van der Waals surface area (Å²) in [5.74, 6) is -8.03. The lowest BCUT2D eigenvalue weighted by molar-refractivity contribution is -0.160. The highest BCUT2D eigenvalue weighted by atomic mass is 19.2. The number of aliphatic carboxylic acids is 1. The smallest absolute Gasteiger partial charge is 0.327 e. The van der Waals surface area contributed by atoms with Crippen molar-refractivity contribution in [1.82, 2.24) is 5.32 Å². The number of hydrogen-bond acceptors (Lipinski definition) is 6. The number of esters is 2. The van der Waals surface area contributed by atoms with Crippen molar-refractivity contribution in [1.29, 1.82) is 0 Å². The van der Waals surface area contributed by atoms with Gasteiger partial charge in [-0.3, -0.25) is 14.4 Å². The molecule has 0 unspecified atom stereocenters. The fourth-order valence-corrected chi connectivity index (χ4v) is 2.38. The molecule has 0 heterocycles. The standard InChI is InChI=1S/C18H21F2NO7/c1-3-27-15(23)9-11(18(26)28-4-2)16(17(24)25)21-14(22)8-10-5-6-12(19)13(20)7-10/h5-7,11,16H,3-4,8-9H2,1-2H3,(H,21,22)(H,24,25)/t11-,16-/m1/s1. The second-order valence-electron chi connectivity index (χ2n) is 5.68. The molecule has 0 aliphatic heterocycles. The summed E-state index contributed by atoms with van der Waals surface area (Å²) >= 11 is 0. The molecule has 0 bridgehead atoms. The number of nitrogens with one attached hydrogen (secondary N) is 1. The lowest BCUT2D eigenvalue weighted by atomic mass is 9.95. The minimum atomic E-state index is -1.78. The maximum absolute atomic E-state index is 13.2. The fourth-order valence-electron chi connectivity index (χ4n) is 2.38. The molecular formula is C18H21F2NO7. The number of rotatable bonds is 10. The highest BCUT2D eigenvalue weighted by Gasteiger charge is 2.38. The maximum Gasteiger partial charge on any atom is 0.327 e. The molecule has 0 saturated carbocycles. The molecule has 2 atom stereocenters. The van der Waals surface area contributed by atoms with Crippen LogP contribution in [0.15, 0.2) is 18.2 Å². The monoisotopic (exact) mass is 401 g/mol. The zero-order chi connectivity index (χ0) is 21.3. The molecule has 10 heteroatoms. The summed E-state index contributed by atoms with van der Waals surface area (Å²) in [4.78, 5) is 47.6. The Bertz CT molecular complexity index is 739. The molecule has 28 heavy (non-hydrogen) atoms. The van der Waals surface area contributed by atoms with E-state index in [0.29, 0.717) is 0 Å². The lowest BCUT2D eigenvalue weighted by Gasteiger charge is -2.22. The van der Waals surface area contributed by atoms with Gasteiger partial charge in [0.2, 0.25) is 5.91 Å². The number of amides is 1. The summed E-state index contributed by atoms with van der Waals surface area (Å²) in [6.07, 6.45) is -1.08. The first kappa shape index (κ1) is 23.0. The topological polar surface area (TPSA) is 119 Å². The van der Waals surface area contributed by atoms with E-state index in [4.69, 9.17) is 9.47 Å². The maximum atomic E-state index is 13.2. The van der Waals surface area contributed by atoms with Crippen LogP contribution in [-0.4, -0.2) is 48.2 Å². The normalized spacial score (nSPS) is 12.6. The van der Waals surface area contributed by atoms with Gasteiger partial charge in [-0.2, -0.15) is 0 Å². The van der Waals surface area contributed by atoms with Gasteiger partial charge in [-0.1, -0.05) is 6.07 Å². The third kappa shape index (κ3) is 6.93. The number of carbonyl (C=O) groups excluding carboxylic acids is 3. The minimum Gasteiger partial charge on any atom is -0.480 e. The van der Waals surface area contributed by atoms with Gasteiger partial charge in [-0.05, 0) is 31.5 Å². The molecule has 0 spiro atoms. The van der Waals surface area contributed by atoms with Gasteiger partial charge in [-0.25, -0.2) is 13.6 Å². The van der Waals surface area contributed by atoms with Crippen LogP contribution in [0.4, 0.5) is 8.78 Å². The van der Waals surface area contributed by atoms with E-state index in [1.807, 2.05) is 0 Å². The van der Waals surface area contributed by atoms with Gasteiger partial charge in [0.05, 0.1) is 32.0 Å². The van der Waals surface area contributed by atoms with Gasteiger partial charge >= 0.3 is 17.9 Å². The first-order chi connectivity index (χ1) is 13.2. The number of carbonyl (C=O) groups is 4. The number of benzene rings is 1. The Morgan fingerprint density at radius 1 is 1.07 bits per heavy atom. The molecule has 1 rings (SSSR count). The zero-order valence-corrected chi connectivity index (χ0v) is 15.4. The van der Waals surface area contributed by atoms with E-state index in [9.17, 15) is 33.1 Å². The van der Waals surface area contributed by atoms with Crippen LogP contribution >= 0.6 is 0 Å². The third-order valence-electron chi connectivity index (χ3n) is 3.61. The minimum absolute atomic E-state index is 0.0224. The summed E-state index contributed by atoms with van der Waals surface area (Å²) in [5.41, 5.74) is 0.0959. The number of hydrogen-bond donors (Lipinski definition) is 2. The van der Waals surface area contributed by atoms with Crippen molar-refractivity contribution >= 4 is 23.8 Å². The van der Waals surface area contributed by atoms with Crippen LogP contribution in [0, 0.1) is 17.6 Å². The summed E-state index contributed by atoms with van der Waals surface area (Å²) in [5, 5.41) is 11.5. The molecule has 8 nitrogen and oxygen atoms in total. The molecule has 2 N–H and O–H groups in total. The van der Waals surface area contributed by atoms with Crippen molar-refractivity contribution in [2.75, 3.05) is 13.2 Å². The molecule has 1 aromatic rings. The van der Waals surface area contributed by atoms with Crippen molar-refractivity contribution in [3.8, 4) is 0 Å². The van der Waals surface area contributed by atoms with Crippen molar-refractivity contribution in [3.05, 3.63) is 35.4 Å². The van der Waals surface area contributed by atoms with Gasteiger partial charge in [0, 0.05) is 0 Å². The van der Waals surface area contributed by atoms with Crippen molar-refractivity contribution in [2.24, 2.45) is 5.92 Å². The molecule has 0 aromatic heterocycles. The summed E-state index contributed by atoms with van der Waals surface area (Å²) < 4.78 is 35.7. The fraction of sp³-hybridized carbons (Fsp3) is 0.444. The lowest BCUT2D eigenvalue weighted by Crippen LogP contribution is -2.50. The van der Waals surface area contributed by atoms with Crippen LogP contribution in [0.5, 0.6) is 0 Å². The summed E-state index contributed by atoms with van der Waals surface area (Å²) in [6, 6.07) is 1.01. The molecule has 0 aliphatic rings. The first-order valence-electron chi connectivity index (χ1n) is 8.47. The van der Waals surface area contributed by atoms with Crippen LogP contribution in [0.3, 0.4) is 0 Å². The van der Waals surface area contributed by atoms with Crippen LogP contribution in [0.1, 0.15) is 25.8 Å². The Morgan fingerprint density at radius 3 is 2.25 bits per heavy atom. The largest absolute Gasteiger partial charge is 0.480 e. The van der Waals surface area contributed by atoms with Gasteiger partial charge in [0.25, 0.3) is 0 Å². The van der Waals surface area contributed by atoms with Gasteiger partial charge in [-0.15, -0.1) is 0 Å². The van der Waals surface area contributed by atoms with Crippen molar-refractivity contribution < 1.29 is 42.5 Å². The second-order valence-corrected chi connectivity index (χ2v) is 5.68. The average molecular weight is 401 g/mol. The van der Waals surface area contributed by atoms with Crippen LogP contribution in [0.25, 0.3) is 0 Å². The Balaban J connectivity index is 2.96. The van der Waals surface area contributed by atoms with Gasteiger partial charge in [0.15, 0.2) is 11.6 Å². The summed E-state index contributed by atoms with van der Waals surface area (Å²) in [7, 11) is 0. The van der Waals surface area contributed by atoms with E-state index in [2.05, 4.69) is 5.32 Å². The Morgan fingerprint density at radius 2 is 1.71 bits per heavy atom. The van der Waals surface area contributed by atoms with Crippen LogP contribution < -0.4 is 5.32 Å². The van der Waals surface area contributed by atoms with Crippen LogP contribution in [-0.2, 0) is 35.1 Å². The van der Waals surface area contributed by atoms with E-state index in [0.717, 1.165) is 18.2 Å². The SMILES string of the molecule is CCOC(=O)C[C@@H](C(=O)OCC)[C@@H](NC(=O)Cc1ccc(F)c(F)c1)C(=O)O. The van der Waals surface area contributed by atoms with E-state index < -0.39 is 60.3 Å². The molecule has 1 amide bonds. The van der Waals surface area contributed by atoms with Gasteiger partial charge < -0.3 is 19.9 Å². The Hall–Kier alpha value is -3.04. The number of halogens is 2. The highest BCUT2D eigenvalue weighted by molar-refractivity contribution is 5.91. The van der Waals surface area contributed by atoms with Crippen molar-refractivity contribution in [2.45, 2.75) is 32.7 Å². The quantitative estimate of drug-likeness (QED) is 0.566. The third-order valence-corrected chi connectivity index (χ3v) is 3.61. The molecule has 154 valence electrons. The van der Waals surface area contributed by atoms with E-state index in [-0.39, 0.29) is 18.8 Å². The van der Waals surface area contributed by atoms with Crippen molar-refractivity contribution in [3.63, 3.8) is 0 Å². The average Bonchev–Trinajstić information content (AvgIpc) is 2.61. The molecule has 0 radical (unpaired) electrons. The van der Waals surface area contributed by atoms with E-state index in [1.54, 1.807) is 0 Å². The Labute approximate surface area is 159 Å². The van der Waals surface area contributed by atoms with Crippen LogP contribution in [0.2, 0.25) is 0 Å².